The first-order chi connectivity index (χ1) is 8.56. The lowest BCUT2D eigenvalue weighted by Crippen LogP contribution is -2.19. The SMILES string of the molecule is Cc1nc(CN(C)c2cncc(C(=O)O)n2)cs1. The van der Waals surface area contributed by atoms with E-state index >= 15 is 0 Å². The number of nitrogens with zero attached hydrogens (tertiary/aromatic N) is 4. The molecule has 2 aromatic heterocycles. The minimum Gasteiger partial charge on any atom is -0.476 e. The van der Waals surface area contributed by atoms with Gasteiger partial charge in [0.2, 0.25) is 0 Å². The smallest absolute Gasteiger partial charge is 0.356 e. The second kappa shape index (κ2) is 5.09. The zero-order valence-electron chi connectivity index (χ0n) is 9.99. The molecular formula is C11H12N4O2S. The van der Waals surface area contributed by atoms with Crippen molar-refractivity contribution in [3.63, 3.8) is 0 Å². The van der Waals surface area contributed by atoms with Crippen molar-refractivity contribution in [1.29, 1.82) is 0 Å². The minimum absolute atomic E-state index is 0.0613. The third-order valence-corrected chi connectivity index (χ3v) is 3.12. The van der Waals surface area contributed by atoms with Crippen molar-refractivity contribution in [2.45, 2.75) is 13.5 Å². The Morgan fingerprint density at radius 1 is 1.44 bits per heavy atom. The molecule has 0 amide bonds. The van der Waals surface area contributed by atoms with Gasteiger partial charge in [-0.05, 0) is 6.92 Å². The van der Waals surface area contributed by atoms with Crippen LogP contribution in [0.1, 0.15) is 21.2 Å². The predicted molar refractivity (Wildman–Crippen MR) is 67.9 cm³/mol. The van der Waals surface area contributed by atoms with E-state index in [2.05, 4.69) is 15.0 Å². The highest BCUT2D eigenvalue weighted by atomic mass is 32.1. The van der Waals surface area contributed by atoms with Gasteiger partial charge in [-0.2, -0.15) is 0 Å². The third-order valence-electron chi connectivity index (χ3n) is 2.30. The first-order valence-corrected chi connectivity index (χ1v) is 6.11. The maximum atomic E-state index is 10.8. The van der Waals surface area contributed by atoms with Gasteiger partial charge in [0, 0.05) is 12.4 Å². The van der Waals surface area contributed by atoms with Crippen LogP contribution in [-0.2, 0) is 6.54 Å². The van der Waals surface area contributed by atoms with E-state index in [0.29, 0.717) is 12.4 Å². The summed E-state index contributed by atoms with van der Waals surface area (Å²) in [6, 6.07) is 0. The van der Waals surface area contributed by atoms with Gasteiger partial charge >= 0.3 is 5.97 Å². The fourth-order valence-corrected chi connectivity index (χ4v) is 2.05. The van der Waals surface area contributed by atoms with Gasteiger partial charge in [0.05, 0.1) is 29.6 Å². The lowest BCUT2D eigenvalue weighted by Gasteiger charge is -2.16. The highest BCUT2D eigenvalue weighted by Gasteiger charge is 2.10. The Labute approximate surface area is 108 Å². The molecule has 2 heterocycles. The van der Waals surface area contributed by atoms with E-state index < -0.39 is 5.97 Å². The molecule has 0 aliphatic rings. The Morgan fingerprint density at radius 2 is 2.22 bits per heavy atom. The normalized spacial score (nSPS) is 10.3. The summed E-state index contributed by atoms with van der Waals surface area (Å²) in [5.74, 6) is -0.567. The summed E-state index contributed by atoms with van der Waals surface area (Å²) in [6.07, 6.45) is 2.76. The number of aromatic carboxylic acids is 1. The maximum absolute atomic E-state index is 10.8. The Kier molecular flexibility index (Phi) is 3.52. The monoisotopic (exact) mass is 264 g/mol. The average Bonchev–Trinajstić information content (AvgIpc) is 2.75. The topological polar surface area (TPSA) is 79.2 Å². The van der Waals surface area contributed by atoms with Crippen LogP contribution in [0.15, 0.2) is 17.8 Å². The Balaban J connectivity index is 2.15. The molecular weight excluding hydrogens is 252 g/mol. The van der Waals surface area contributed by atoms with Gasteiger partial charge in [0.15, 0.2) is 5.69 Å². The van der Waals surface area contributed by atoms with Gasteiger partial charge in [-0.15, -0.1) is 11.3 Å². The molecule has 0 unspecified atom stereocenters. The highest BCUT2D eigenvalue weighted by Crippen LogP contribution is 2.14. The quantitative estimate of drug-likeness (QED) is 0.903. The molecule has 6 nitrogen and oxygen atoms in total. The summed E-state index contributed by atoms with van der Waals surface area (Å²) in [5.41, 5.74) is 0.872. The lowest BCUT2D eigenvalue weighted by molar-refractivity contribution is 0.0690. The van der Waals surface area contributed by atoms with E-state index in [1.165, 1.54) is 12.4 Å². The summed E-state index contributed by atoms with van der Waals surface area (Å²) < 4.78 is 0. The van der Waals surface area contributed by atoms with Crippen molar-refractivity contribution in [1.82, 2.24) is 15.0 Å². The van der Waals surface area contributed by atoms with Crippen molar-refractivity contribution in [2.24, 2.45) is 0 Å². The van der Waals surface area contributed by atoms with Crippen LogP contribution < -0.4 is 4.90 Å². The number of hydrogen-bond donors (Lipinski definition) is 1. The maximum Gasteiger partial charge on any atom is 0.356 e. The van der Waals surface area contributed by atoms with Gasteiger partial charge < -0.3 is 10.0 Å². The Bertz CT molecular complexity index is 570. The van der Waals surface area contributed by atoms with E-state index in [-0.39, 0.29) is 5.69 Å². The van der Waals surface area contributed by atoms with Gasteiger partial charge in [-0.1, -0.05) is 0 Å². The number of hydrogen-bond acceptors (Lipinski definition) is 6. The zero-order valence-corrected chi connectivity index (χ0v) is 10.8. The third kappa shape index (κ3) is 2.80. The van der Waals surface area contributed by atoms with E-state index in [0.717, 1.165) is 10.7 Å². The molecule has 0 aliphatic heterocycles. The molecule has 2 aromatic rings. The molecule has 0 aromatic carbocycles. The number of thiazole rings is 1. The molecule has 0 atom stereocenters. The van der Waals surface area contributed by atoms with E-state index in [1.807, 2.05) is 24.3 Å². The number of carboxylic acid groups (broad SMARTS) is 1. The first kappa shape index (κ1) is 12.4. The van der Waals surface area contributed by atoms with Crippen molar-refractivity contribution >= 4 is 23.1 Å². The van der Waals surface area contributed by atoms with E-state index in [9.17, 15) is 4.79 Å². The minimum atomic E-state index is -1.08. The zero-order chi connectivity index (χ0) is 13.1. The standard InChI is InChI=1S/C11H12N4O2S/c1-7-13-8(6-18-7)5-15(2)10-4-12-3-9(14-10)11(16)17/h3-4,6H,5H2,1-2H3,(H,16,17). The van der Waals surface area contributed by atoms with Gasteiger partial charge in [-0.3, -0.25) is 4.98 Å². The van der Waals surface area contributed by atoms with Crippen LogP contribution in [0.5, 0.6) is 0 Å². The summed E-state index contributed by atoms with van der Waals surface area (Å²) in [5, 5.41) is 11.8. The molecule has 1 N–H and O–H groups in total. The number of aromatic nitrogens is 3. The number of rotatable bonds is 4. The summed E-state index contributed by atoms with van der Waals surface area (Å²) in [6.45, 7) is 2.51. The Morgan fingerprint density at radius 3 is 2.83 bits per heavy atom. The molecule has 7 heteroatoms. The average molecular weight is 264 g/mol. The molecule has 0 radical (unpaired) electrons. The second-order valence-electron chi connectivity index (χ2n) is 3.78. The molecule has 18 heavy (non-hydrogen) atoms. The molecule has 0 bridgehead atoms. The summed E-state index contributed by atoms with van der Waals surface area (Å²) in [7, 11) is 1.82. The van der Waals surface area contributed by atoms with Gasteiger partial charge in [-0.25, -0.2) is 14.8 Å². The molecule has 0 saturated heterocycles. The van der Waals surface area contributed by atoms with Crippen LogP contribution in [0, 0.1) is 6.92 Å². The second-order valence-corrected chi connectivity index (χ2v) is 4.84. The van der Waals surface area contributed by atoms with Gasteiger partial charge in [0.1, 0.15) is 5.82 Å². The fraction of sp³-hybridized carbons (Fsp3) is 0.273. The molecule has 94 valence electrons. The summed E-state index contributed by atoms with van der Waals surface area (Å²) >= 11 is 1.58. The first-order valence-electron chi connectivity index (χ1n) is 5.24. The van der Waals surface area contributed by atoms with Crippen molar-refractivity contribution in [3.05, 3.63) is 34.2 Å². The van der Waals surface area contributed by atoms with Crippen LogP contribution in [0.25, 0.3) is 0 Å². The van der Waals surface area contributed by atoms with Crippen LogP contribution in [0.2, 0.25) is 0 Å². The lowest BCUT2D eigenvalue weighted by atomic mass is 10.4. The van der Waals surface area contributed by atoms with Crippen molar-refractivity contribution in [3.8, 4) is 0 Å². The number of aryl methyl sites for hydroxylation is 1. The predicted octanol–water partition coefficient (Wildman–Crippen LogP) is 1.58. The molecule has 0 fully saturated rings. The largest absolute Gasteiger partial charge is 0.476 e. The van der Waals surface area contributed by atoms with E-state index in [4.69, 9.17) is 5.11 Å². The van der Waals surface area contributed by atoms with Gasteiger partial charge in [0.25, 0.3) is 0 Å². The fourth-order valence-electron chi connectivity index (χ4n) is 1.45. The number of anilines is 1. The molecule has 0 saturated carbocycles. The van der Waals surface area contributed by atoms with Crippen LogP contribution in [0.4, 0.5) is 5.82 Å². The Hall–Kier alpha value is -2.02. The molecule has 0 spiro atoms. The van der Waals surface area contributed by atoms with E-state index in [1.54, 1.807) is 11.3 Å². The highest BCUT2D eigenvalue weighted by molar-refractivity contribution is 7.09. The van der Waals surface area contributed by atoms with Crippen molar-refractivity contribution < 1.29 is 9.90 Å². The van der Waals surface area contributed by atoms with Crippen molar-refractivity contribution in [2.75, 3.05) is 11.9 Å². The van der Waals surface area contributed by atoms with Crippen LogP contribution >= 0.6 is 11.3 Å². The van der Waals surface area contributed by atoms with Crippen LogP contribution in [0.3, 0.4) is 0 Å². The molecule has 0 aliphatic carbocycles. The number of carbonyl (C=O) groups is 1. The summed E-state index contributed by atoms with van der Waals surface area (Å²) in [4.78, 5) is 24.9. The number of carboxylic acids is 1. The van der Waals surface area contributed by atoms with Crippen LogP contribution in [-0.4, -0.2) is 33.1 Å². The molecule has 2 rings (SSSR count).